The van der Waals surface area contributed by atoms with Crippen molar-refractivity contribution in [3.63, 3.8) is 0 Å². The Hall–Kier alpha value is -0.530. The van der Waals surface area contributed by atoms with Gasteiger partial charge in [0.15, 0.2) is 6.29 Å². The first-order chi connectivity index (χ1) is 16.0. The van der Waals surface area contributed by atoms with Crippen molar-refractivity contribution in [2.75, 3.05) is 26.4 Å². The third kappa shape index (κ3) is 11.2. The molecular formula is C28H47IO4. The SMILES string of the molecule is CCCCCCCCOc1cc(C2OCC(C)(C)CO2)c(OCCCCCCCC)cc1I. The predicted molar refractivity (Wildman–Crippen MR) is 145 cm³/mol. The van der Waals surface area contributed by atoms with Gasteiger partial charge in [0, 0.05) is 5.41 Å². The lowest BCUT2D eigenvalue weighted by molar-refractivity contribution is -0.226. The first kappa shape index (κ1) is 28.7. The lowest BCUT2D eigenvalue weighted by Crippen LogP contribution is -2.34. The van der Waals surface area contributed by atoms with Crippen molar-refractivity contribution in [1.29, 1.82) is 0 Å². The van der Waals surface area contributed by atoms with Crippen LogP contribution in [-0.2, 0) is 9.47 Å². The minimum absolute atomic E-state index is 0.0380. The molecule has 0 spiro atoms. The maximum atomic E-state index is 6.24. The third-order valence-corrected chi connectivity index (χ3v) is 6.92. The summed E-state index contributed by atoms with van der Waals surface area (Å²) in [6.45, 7) is 11.7. The number of hydrogen-bond donors (Lipinski definition) is 0. The van der Waals surface area contributed by atoms with Gasteiger partial charge in [0.1, 0.15) is 11.5 Å². The number of ether oxygens (including phenoxy) is 4. The van der Waals surface area contributed by atoms with E-state index >= 15 is 0 Å². The summed E-state index contributed by atoms with van der Waals surface area (Å²) >= 11 is 2.36. The van der Waals surface area contributed by atoms with Gasteiger partial charge in [-0.05, 0) is 47.6 Å². The largest absolute Gasteiger partial charge is 0.493 e. The highest BCUT2D eigenvalue weighted by atomic mass is 127. The molecule has 2 rings (SSSR count). The molecular weight excluding hydrogens is 527 g/mol. The summed E-state index contributed by atoms with van der Waals surface area (Å²) in [6.07, 6.45) is 14.7. The van der Waals surface area contributed by atoms with E-state index in [0.29, 0.717) is 13.2 Å². The topological polar surface area (TPSA) is 36.9 Å². The molecule has 0 radical (unpaired) electrons. The van der Waals surface area contributed by atoms with E-state index in [1.165, 1.54) is 64.2 Å². The van der Waals surface area contributed by atoms with Gasteiger partial charge in [0.05, 0.1) is 35.6 Å². The molecule has 0 unspecified atom stereocenters. The molecule has 0 aliphatic carbocycles. The van der Waals surface area contributed by atoms with E-state index in [4.69, 9.17) is 18.9 Å². The molecule has 4 nitrogen and oxygen atoms in total. The first-order valence-corrected chi connectivity index (χ1v) is 14.4. The van der Waals surface area contributed by atoms with Crippen LogP contribution in [0.2, 0.25) is 0 Å². The normalized spacial score (nSPS) is 16.2. The Balaban J connectivity index is 1.96. The van der Waals surface area contributed by atoms with Gasteiger partial charge < -0.3 is 18.9 Å². The van der Waals surface area contributed by atoms with E-state index in [0.717, 1.165) is 46.7 Å². The predicted octanol–water partition coefficient (Wildman–Crippen LogP) is 8.84. The molecule has 190 valence electrons. The zero-order chi connectivity index (χ0) is 23.9. The molecule has 1 aliphatic rings. The monoisotopic (exact) mass is 574 g/mol. The minimum Gasteiger partial charge on any atom is -0.493 e. The average molecular weight is 575 g/mol. The van der Waals surface area contributed by atoms with Gasteiger partial charge in [-0.1, -0.05) is 91.9 Å². The highest BCUT2D eigenvalue weighted by molar-refractivity contribution is 14.1. The Morgan fingerprint density at radius 1 is 0.758 bits per heavy atom. The molecule has 0 atom stereocenters. The molecule has 1 saturated heterocycles. The molecule has 0 N–H and O–H groups in total. The summed E-state index contributed by atoms with van der Waals surface area (Å²) in [5.41, 5.74) is 0.992. The molecule has 1 heterocycles. The highest BCUT2D eigenvalue weighted by Gasteiger charge is 2.31. The van der Waals surface area contributed by atoms with Crippen LogP contribution in [0.1, 0.15) is 117 Å². The number of hydrogen-bond acceptors (Lipinski definition) is 4. The van der Waals surface area contributed by atoms with E-state index in [1.54, 1.807) is 0 Å². The second-order valence-electron chi connectivity index (χ2n) is 10.2. The quantitative estimate of drug-likeness (QED) is 0.138. The van der Waals surface area contributed by atoms with Crippen molar-refractivity contribution in [3.8, 4) is 11.5 Å². The number of benzene rings is 1. The van der Waals surface area contributed by atoms with E-state index in [1.807, 2.05) is 0 Å². The second-order valence-corrected chi connectivity index (χ2v) is 11.3. The van der Waals surface area contributed by atoms with Crippen molar-refractivity contribution < 1.29 is 18.9 Å². The van der Waals surface area contributed by atoms with E-state index in [9.17, 15) is 0 Å². The van der Waals surface area contributed by atoms with Gasteiger partial charge in [-0.3, -0.25) is 0 Å². The molecule has 1 aromatic carbocycles. The molecule has 1 aromatic rings. The highest BCUT2D eigenvalue weighted by Crippen LogP contribution is 2.39. The lowest BCUT2D eigenvalue weighted by atomic mass is 9.95. The molecule has 0 saturated carbocycles. The minimum atomic E-state index is -0.397. The van der Waals surface area contributed by atoms with Crippen molar-refractivity contribution in [2.45, 2.75) is 111 Å². The molecule has 1 fully saturated rings. The standard InChI is InChI=1S/C28H47IO4/c1-5-7-9-11-13-15-17-30-25-20-24(29)26(31-18-16-14-12-10-8-6-2)19-23(25)27-32-21-28(3,4)22-33-27/h19-20,27H,5-18,21-22H2,1-4H3. The zero-order valence-corrected chi connectivity index (χ0v) is 23.7. The summed E-state index contributed by atoms with van der Waals surface area (Å²) in [5.74, 6) is 1.77. The van der Waals surface area contributed by atoms with Gasteiger partial charge in [0.25, 0.3) is 0 Å². The Kier molecular flexibility index (Phi) is 14.1. The molecule has 0 amide bonds. The van der Waals surface area contributed by atoms with Crippen molar-refractivity contribution >= 4 is 22.6 Å². The number of halogens is 1. The van der Waals surface area contributed by atoms with Gasteiger partial charge in [0.2, 0.25) is 0 Å². The molecule has 1 aliphatic heterocycles. The summed E-state index contributed by atoms with van der Waals surface area (Å²) in [4.78, 5) is 0. The van der Waals surface area contributed by atoms with Crippen LogP contribution in [0.3, 0.4) is 0 Å². The van der Waals surface area contributed by atoms with Crippen LogP contribution in [-0.4, -0.2) is 26.4 Å². The van der Waals surface area contributed by atoms with Gasteiger partial charge in [-0.15, -0.1) is 0 Å². The van der Waals surface area contributed by atoms with Crippen LogP contribution in [0.4, 0.5) is 0 Å². The fraction of sp³-hybridized carbons (Fsp3) is 0.786. The molecule has 33 heavy (non-hydrogen) atoms. The van der Waals surface area contributed by atoms with Crippen LogP contribution >= 0.6 is 22.6 Å². The zero-order valence-electron chi connectivity index (χ0n) is 21.6. The van der Waals surface area contributed by atoms with E-state index in [-0.39, 0.29) is 5.41 Å². The van der Waals surface area contributed by atoms with Crippen LogP contribution in [0.15, 0.2) is 12.1 Å². The lowest BCUT2D eigenvalue weighted by Gasteiger charge is -2.35. The summed E-state index contributed by atoms with van der Waals surface area (Å²) in [5, 5.41) is 0. The summed E-state index contributed by atoms with van der Waals surface area (Å²) < 4.78 is 25.7. The third-order valence-electron chi connectivity index (χ3n) is 6.08. The van der Waals surface area contributed by atoms with Crippen LogP contribution < -0.4 is 9.47 Å². The van der Waals surface area contributed by atoms with Crippen molar-refractivity contribution in [3.05, 3.63) is 21.3 Å². The Bertz CT molecular complexity index is 652. The summed E-state index contributed by atoms with van der Waals surface area (Å²) in [7, 11) is 0. The fourth-order valence-corrected chi connectivity index (χ4v) is 4.57. The molecule has 5 heteroatoms. The first-order valence-electron chi connectivity index (χ1n) is 13.3. The van der Waals surface area contributed by atoms with Crippen molar-refractivity contribution in [2.24, 2.45) is 5.41 Å². The van der Waals surface area contributed by atoms with Gasteiger partial charge in [-0.2, -0.15) is 0 Å². The molecule has 0 aromatic heterocycles. The summed E-state index contributed by atoms with van der Waals surface area (Å²) in [6, 6.07) is 4.18. The Morgan fingerprint density at radius 2 is 1.24 bits per heavy atom. The average Bonchev–Trinajstić information content (AvgIpc) is 2.79. The maximum absolute atomic E-state index is 6.24. The fourth-order valence-electron chi connectivity index (χ4n) is 3.97. The van der Waals surface area contributed by atoms with E-state index in [2.05, 4.69) is 62.4 Å². The molecule has 0 bridgehead atoms. The number of rotatable bonds is 17. The second kappa shape index (κ2) is 16.2. The van der Waals surface area contributed by atoms with Crippen LogP contribution in [0, 0.1) is 8.99 Å². The number of unbranched alkanes of at least 4 members (excludes halogenated alkanes) is 10. The van der Waals surface area contributed by atoms with Gasteiger partial charge >= 0.3 is 0 Å². The smallest absolute Gasteiger partial charge is 0.187 e. The Labute approximate surface area is 216 Å². The maximum Gasteiger partial charge on any atom is 0.187 e. The van der Waals surface area contributed by atoms with Gasteiger partial charge in [-0.25, -0.2) is 0 Å². The van der Waals surface area contributed by atoms with Crippen LogP contribution in [0.5, 0.6) is 11.5 Å². The van der Waals surface area contributed by atoms with Crippen LogP contribution in [0.25, 0.3) is 0 Å². The van der Waals surface area contributed by atoms with E-state index < -0.39 is 6.29 Å². The van der Waals surface area contributed by atoms with Crippen molar-refractivity contribution in [1.82, 2.24) is 0 Å². The Morgan fingerprint density at radius 3 is 1.79 bits per heavy atom.